The van der Waals surface area contributed by atoms with Crippen LogP contribution in [0, 0.1) is 0 Å². The number of carbonyl (C=O) groups is 1. The molecule has 0 aromatic carbocycles. The molecule has 0 spiro atoms. The largest absolute Gasteiger partial charge is 0.358 e. The number of ether oxygens (including phenoxy) is 1. The summed E-state index contributed by atoms with van der Waals surface area (Å²) in [4.78, 5) is 11.1. The zero-order valence-corrected chi connectivity index (χ0v) is 9.11. The van der Waals surface area contributed by atoms with Gasteiger partial charge < -0.3 is 4.74 Å². The predicted octanol–water partition coefficient (Wildman–Crippen LogP) is 3.13. The molecule has 2 nitrogen and oxygen atoms in total. The van der Waals surface area contributed by atoms with E-state index in [1.54, 1.807) is 0 Å². The van der Waals surface area contributed by atoms with Gasteiger partial charge in [0.2, 0.25) is 0 Å². The van der Waals surface area contributed by atoms with E-state index in [4.69, 9.17) is 16.3 Å². The van der Waals surface area contributed by atoms with E-state index < -0.39 is 0 Å². The fraction of sp³-hybridized carbons (Fsp3) is 0.900. The van der Waals surface area contributed by atoms with Crippen LogP contribution in [0.2, 0.25) is 0 Å². The van der Waals surface area contributed by atoms with Gasteiger partial charge in [-0.25, -0.2) is 0 Å². The number of carbonyl (C=O) groups excluding carboxylic acids is 1. The molecule has 0 N–H and O–H groups in total. The first-order valence-corrected chi connectivity index (χ1v) is 5.50. The van der Waals surface area contributed by atoms with Crippen LogP contribution in [-0.2, 0) is 9.53 Å². The van der Waals surface area contributed by atoms with Crippen molar-refractivity contribution in [2.45, 2.75) is 45.4 Å². The Labute approximate surface area is 85.6 Å². The van der Waals surface area contributed by atoms with Gasteiger partial charge in [-0.05, 0) is 6.42 Å². The van der Waals surface area contributed by atoms with Gasteiger partial charge in [-0.2, -0.15) is 0 Å². The Morgan fingerprint density at radius 3 is 2.54 bits per heavy atom. The number of unbranched alkanes of at least 4 members (excludes halogenated alkanes) is 4. The second-order valence-electron chi connectivity index (χ2n) is 3.16. The maximum Gasteiger partial charge on any atom is 0.158 e. The summed E-state index contributed by atoms with van der Waals surface area (Å²) >= 11 is 5.27. The summed E-state index contributed by atoms with van der Waals surface area (Å²) in [5.41, 5.74) is 0. The summed E-state index contributed by atoms with van der Waals surface area (Å²) in [6.07, 6.45) is 6.53. The second-order valence-corrected chi connectivity index (χ2v) is 3.38. The molecule has 78 valence electrons. The van der Waals surface area contributed by atoms with Crippen LogP contribution in [0.15, 0.2) is 0 Å². The normalized spacial score (nSPS) is 10.3. The minimum atomic E-state index is 0.113. The maximum absolute atomic E-state index is 11.1. The Kier molecular flexibility index (Phi) is 9.94. The lowest BCUT2D eigenvalue weighted by molar-refractivity contribution is -0.123. The zero-order valence-electron chi connectivity index (χ0n) is 8.35. The lowest BCUT2D eigenvalue weighted by Crippen LogP contribution is -2.07. The highest BCUT2D eigenvalue weighted by Crippen LogP contribution is 2.05. The molecular formula is C10H19ClO2. The molecule has 13 heavy (non-hydrogen) atoms. The van der Waals surface area contributed by atoms with E-state index in [0.29, 0.717) is 6.42 Å². The molecule has 0 aliphatic rings. The Hall–Kier alpha value is -0.0800. The summed E-state index contributed by atoms with van der Waals surface area (Å²) < 4.78 is 4.79. The van der Waals surface area contributed by atoms with Crippen molar-refractivity contribution in [2.24, 2.45) is 0 Å². The average Bonchev–Trinajstić information content (AvgIpc) is 2.14. The SMILES string of the molecule is CCCCCCCC(=O)COCCl. The van der Waals surface area contributed by atoms with Crippen molar-refractivity contribution in [1.82, 2.24) is 0 Å². The highest BCUT2D eigenvalue weighted by atomic mass is 35.5. The highest BCUT2D eigenvalue weighted by Gasteiger charge is 2.00. The molecule has 0 aromatic rings. The number of ketones is 1. The molecule has 0 amide bonds. The summed E-state index contributed by atoms with van der Waals surface area (Å²) in [5, 5.41) is 0. The van der Waals surface area contributed by atoms with E-state index in [1.807, 2.05) is 0 Å². The van der Waals surface area contributed by atoms with E-state index in [2.05, 4.69) is 6.92 Å². The van der Waals surface area contributed by atoms with E-state index in [1.165, 1.54) is 19.3 Å². The Morgan fingerprint density at radius 1 is 1.23 bits per heavy atom. The lowest BCUT2D eigenvalue weighted by Gasteiger charge is -2.00. The molecule has 0 atom stereocenters. The third-order valence-electron chi connectivity index (χ3n) is 1.90. The molecule has 3 heteroatoms. The topological polar surface area (TPSA) is 26.3 Å². The number of hydrogen-bond donors (Lipinski definition) is 0. The smallest absolute Gasteiger partial charge is 0.158 e. The van der Waals surface area contributed by atoms with Gasteiger partial charge in [-0.15, -0.1) is 0 Å². The van der Waals surface area contributed by atoms with Crippen molar-refractivity contribution in [1.29, 1.82) is 0 Å². The molecule has 0 unspecified atom stereocenters. The molecule has 0 rings (SSSR count). The fourth-order valence-corrected chi connectivity index (χ4v) is 1.23. The summed E-state index contributed by atoms with van der Waals surface area (Å²) in [5.74, 6) is 0.164. The Bertz CT molecular complexity index is 126. The lowest BCUT2D eigenvalue weighted by atomic mass is 10.1. The first kappa shape index (κ1) is 12.9. The van der Waals surface area contributed by atoms with Crippen LogP contribution in [0.1, 0.15) is 45.4 Å². The maximum atomic E-state index is 11.1. The van der Waals surface area contributed by atoms with E-state index in [0.717, 1.165) is 12.8 Å². The van der Waals surface area contributed by atoms with Crippen molar-refractivity contribution in [2.75, 3.05) is 12.7 Å². The van der Waals surface area contributed by atoms with Gasteiger partial charge in [0, 0.05) is 6.42 Å². The quantitative estimate of drug-likeness (QED) is 0.428. The first-order valence-electron chi connectivity index (χ1n) is 4.96. The van der Waals surface area contributed by atoms with Crippen molar-refractivity contribution in [3.63, 3.8) is 0 Å². The Balaban J connectivity index is 3.08. The molecule has 0 aliphatic carbocycles. The molecule has 0 heterocycles. The second kappa shape index (κ2) is 10.0. The molecule has 0 bridgehead atoms. The van der Waals surface area contributed by atoms with Crippen molar-refractivity contribution >= 4 is 17.4 Å². The molecule has 0 aromatic heterocycles. The third-order valence-corrected chi connectivity index (χ3v) is 2.05. The number of Topliss-reactive ketones (excluding diaryl/α,β-unsaturated/α-hetero) is 1. The number of hydrogen-bond acceptors (Lipinski definition) is 2. The molecule has 0 radical (unpaired) electrons. The summed E-state index contributed by atoms with van der Waals surface area (Å²) in [7, 11) is 0. The third kappa shape index (κ3) is 9.84. The van der Waals surface area contributed by atoms with Crippen molar-refractivity contribution < 1.29 is 9.53 Å². The summed E-state index contributed by atoms with van der Waals surface area (Å²) in [6, 6.07) is 0.113. The minimum Gasteiger partial charge on any atom is -0.358 e. The van der Waals surface area contributed by atoms with Gasteiger partial charge in [0.25, 0.3) is 0 Å². The zero-order chi connectivity index (χ0) is 9.94. The number of alkyl halides is 1. The van der Waals surface area contributed by atoms with E-state index in [-0.39, 0.29) is 18.5 Å². The van der Waals surface area contributed by atoms with Crippen LogP contribution in [0.25, 0.3) is 0 Å². The fourth-order valence-electron chi connectivity index (χ4n) is 1.15. The van der Waals surface area contributed by atoms with E-state index >= 15 is 0 Å². The number of rotatable bonds is 9. The molecule has 0 aliphatic heterocycles. The van der Waals surface area contributed by atoms with Gasteiger partial charge in [0.05, 0.1) is 0 Å². The van der Waals surface area contributed by atoms with E-state index in [9.17, 15) is 4.79 Å². The predicted molar refractivity (Wildman–Crippen MR) is 55.1 cm³/mol. The highest BCUT2D eigenvalue weighted by molar-refractivity contribution is 6.17. The van der Waals surface area contributed by atoms with Gasteiger partial charge >= 0.3 is 0 Å². The van der Waals surface area contributed by atoms with Gasteiger partial charge in [-0.3, -0.25) is 4.79 Å². The van der Waals surface area contributed by atoms with Gasteiger partial charge in [0.15, 0.2) is 5.78 Å². The van der Waals surface area contributed by atoms with Crippen LogP contribution in [0.5, 0.6) is 0 Å². The first-order chi connectivity index (χ1) is 6.31. The Morgan fingerprint density at radius 2 is 1.92 bits per heavy atom. The van der Waals surface area contributed by atoms with Crippen molar-refractivity contribution in [3.8, 4) is 0 Å². The van der Waals surface area contributed by atoms with Crippen LogP contribution >= 0.6 is 11.6 Å². The van der Waals surface area contributed by atoms with Crippen LogP contribution in [0.4, 0.5) is 0 Å². The monoisotopic (exact) mass is 206 g/mol. The molecular weight excluding hydrogens is 188 g/mol. The van der Waals surface area contributed by atoms with Crippen LogP contribution in [-0.4, -0.2) is 18.5 Å². The van der Waals surface area contributed by atoms with Crippen LogP contribution < -0.4 is 0 Å². The number of halogens is 1. The molecule has 0 fully saturated rings. The summed E-state index contributed by atoms with van der Waals surface area (Å²) in [6.45, 7) is 2.36. The standard InChI is InChI=1S/C10H19ClO2/c1-2-3-4-5-6-7-10(12)8-13-9-11/h2-9H2,1H3. The van der Waals surface area contributed by atoms with Crippen molar-refractivity contribution in [3.05, 3.63) is 0 Å². The average molecular weight is 207 g/mol. The van der Waals surface area contributed by atoms with Gasteiger partial charge in [-0.1, -0.05) is 44.2 Å². The molecule has 0 saturated heterocycles. The minimum absolute atomic E-state index is 0.113. The van der Waals surface area contributed by atoms with Crippen LogP contribution in [0.3, 0.4) is 0 Å². The van der Waals surface area contributed by atoms with Gasteiger partial charge in [0.1, 0.15) is 12.7 Å². The molecule has 0 saturated carbocycles.